The lowest BCUT2D eigenvalue weighted by atomic mass is 10.1. The highest BCUT2D eigenvalue weighted by molar-refractivity contribution is 5.94. The van der Waals surface area contributed by atoms with Crippen LogP contribution >= 0.6 is 0 Å². The lowest BCUT2D eigenvalue weighted by Gasteiger charge is -2.05. The van der Waals surface area contributed by atoms with Gasteiger partial charge < -0.3 is 13.9 Å². The van der Waals surface area contributed by atoms with Crippen LogP contribution in [0.4, 0.5) is 5.69 Å². The summed E-state index contributed by atoms with van der Waals surface area (Å²) < 4.78 is 15.9. The molecule has 0 saturated heterocycles. The van der Waals surface area contributed by atoms with Gasteiger partial charge in [0.2, 0.25) is 0 Å². The number of amides is 1. The molecule has 3 aromatic rings. The number of furan rings is 1. The second-order valence-corrected chi connectivity index (χ2v) is 5.77. The fourth-order valence-electron chi connectivity index (χ4n) is 2.53. The Morgan fingerprint density at radius 3 is 2.52 bits per heavy atom. The molecule has 9 nitrogen and oxygen atoms in total. The van der Waals surface area contributed by atoms with E-state index in [4.69, 9.17) is 13.9 Å². The van der Waals surface area contributed by atoms with Crippen LogP contribution in [0.15, 0.2) is 64.1 Å². The average molecular weight is 395 g/mol. The molecule has 0 radical (unpaired) electrons. The van der Waals surface area contributed by atoms with Gasteiger partial charge in [0.1, 0.15) is 23.0 Å². The van der Waals surface area contributed by atoms with Crippen molar-refractivity contribution in [2.24, 2.45) is 5.10 Å². The Morgan fingerprint density at radius 1 is 1.10 bits per heavy atom. The molecule has 3 rings (SSSR count). The number of hydrogen-bond donors (Lipinski definition) is 1. The number of nitrogens with zero attached hydrogens (tertiary/aromatic N) is 2. The van der Waals surface area contributed by atoms with Crippen molar-refractivity contribution in [1.29, 1.82) is 0 Å². The molecule has 0 aliphatic heterocycles. The summed E-state index contributed by atoms with van der Waals surface area (Å²) in [5, 5.41) is 14.8. The molecular formula is C20H17N3O6. The SMILES string of the molecule is COc1ccc(C(=O)N/N=C\c2ccc(-c3ccc([N+](=O)[O-])cc3OC)o2)cc1. The Balaban J connectivity index is 1.70. The van der Waals surface area contributed by atoms with Crippen LogP contribution in [0.3, 0.4) is 0 Å². The molecule has 0 unspecified atom stereocenters. The Kier molecular flexibility index (Phi) is 5.88. The van der Waals surface area contributed by atoms with Crippen molar-refractivity contribution in [1.82, 2.24) is 5.43 Å². The molecule has 1 aromatic heterocycles. The van der Waals surface area contributed by atoms with Crippen LogP contribution < -0.4 is 14.9 Å². The summed E-state index contributed by atoms with van der Waals surface area (Å²) in [5.74, 6) is 1.41. The number of nitro groups is 1. The van der Waals surface area contributed by atoms with E-state index in [-0.39, 0.29) is 11.6 Å². The molecule has 0 aliphatic carbocycles. The van der Waals surface area contributed by atoms with Crippen molar-refractivity contribution >= 4 is 17.8 Å². The molecule has 2 aromatic carbocycles. The third-order valence-corrected chi connectivity index (χ3v) is 4.00. The summed E-state index contributed by atoms with van der Waals surface area (Å²) in [6, 6.07) is 14.1. The Bertz CT molecular complexity index is 1060. The van der Waals surface area contributed by atoms with Crippen LogP contribution in [0.25, 0.3) is 11.3 Å². The third-order valence-electron chi connectivity index (χ3n) is 4.00. The fourth-order valence-corrected chi connectivity index (χ4v) is 2.53. The van der Waals surface area contributed by atoms with Gasteiger partial charge in [-0.1, -0.05) is 0 Å². The van der Waals surface area contributed by atoms with Gasteiger partial charge in [0.25, 0.3) is 11.6 Å². The van der Waals surface area contributed by atoms with Crippen LogP contribution in [0.2, 0.25) is 0 Å². The summed E-state index contributed by atoms with van der Waals surface area (Å²) in [7, 11) is 2.96. The minimum absolute atomic E-state index is 0.0832. The van der Waals surface area contributed by atoms with Crippen LogP contribution in [0, 0.1) is 10.1 Å². The number of hydrazone groups is 1. The van der Waals surface area contributed by atoms with Gasteiger partial charge in [0.05, 0.1) is 37.0 Å². The zero-order valence-electron chi connectivity index (χ0n) is 15.6. The zero-order chi connectivity index (χ0) is 20.8. The van der Waals surface area contributed by atoms with E-state index in [1.165, 1.54) is 25.5 Å². The number of methoxy groups -OCH3 is 2. The van der Waals surface area contributed by atoms with E-state index >= 15 is 0 Å². The Hall–Kier alpha value is -4.14. The lowest BCUT2D eigenvalue weighted by molar-refractivity contribution is -0.384. The highest BCUT2D eigenvalue weighted by atomic mass is 16.6. The van der Waals surface area contributed by atoms with Crippen LogP contribution in [-0.2, 0) is 0 Å². The lowest BCUT2D eigenvalue weighted by Crippen LogP contribution is -2.17. The summed E-state index contributed by atoms with van der Waals surface area (Å²) in [4.78, 5) is 22.5. The molecule has 0 saturated carbocycles. The second kappa shape index (κ2) is 8.70. The molecule has 0 bridgehead atoms. The van der Waals surface area contributed by atoms with Gasteiger partial charge in [0.15, 0.2) is 0 Å². The summed E-state index contributed by atoms with van der Waals surface area (Å²) >= 11 is 0. The predicted octanol–water partition coefficient (Wildman–Crippen LogP) is 3.64. The number of rotatable bonds is 7. The number of ether oxygens (including phenoxy) is 2. The summed E-state index contributed by atoms with van der Waals surface area (Å²) in [6.07, 6.45) is 1.35. The monoisotopic (exact) mass is 395 g/mol. The van der Waals surface area contributed by atoms with Crippen LogP contribution in [-0.4, -0.2) is 31.3 Å². The van der Waals surface area contributed by atoms with Crippen molar-refractivity contribution in [2.75, 3.05) is 14.2 Å². The van der Waals surface area contributed by atoms with E-state index in [0.29, 0.717) is 34.1 Å². The minimum atomic E-state index is -0.502. The van der Waals surface area contributed by atoms with E-state index in [2.05, 4.69) is 10.5 Å². The second-order valence-electron chi connectivity index (χ2n) is 5.77. The fraction of sp³-hybridized carbons (Fsp3) is 0.100. The number of carbonyl (C=O) groups is 1. The number of nitrogens with one attached hydrogen (secondary N) is 1. The zero-order valence-corrected chi connectivity index (χ0v) is 15.6. The number of benzene rings is 2. The number of nitro benzene ring substituents is 1. The largest absolute Gasteiger partial charge is 0.497 e. The quantitative estimate of drug-likeness (QED) is 0.371. The van der Waals surface area contributed by atoms with Gasteiger partial charge in [-0.3, -0.25) is 14.9 Å². The average Bonchev–Trinajstić information content (AvgIpc) is 3.21. The third kappa shape index (κ3) is 4.59. The molecule has 29 heavy (non-hydrogen) atoms. The molecule has 0 fully saturated rings. The Labute approximate surface area is 165 Å². The van der Waals surface area contributed by atoms with Crippen molar-refractivity contribution in [3.63, 3.8) is 0 Å². The van der Waals surface area contributed by atoms with E-state index in [0.717, 1.165) is 0 Å². The maximum atomic E-state index is 12.1. The first-order valence-electron chi connectivity index (χ1n) is 8.42. The molecule has 0 aliphatic rings. The molecule has 148 valence electrons. The molecule has 0 atom stereocenters. The summed E-state index contributed by atoms with van der Waals surface area (Å²) in [5.41, 5.74) is 3.31. The van der Waals surface area contributed by atoms with E-state index in [1.54, 1.807) is 49.6 Å². The molecule has 0 spiro atoms. The van der Waals surface area contributed by atoms with Gasteiger partial charge in [-0.05, 0) is 42.5 Å². The number of non-ortho nitro benzene ring substituents is 1. The molecule has 1 amide bonds. The van der Waals surface area contributed by atoms with E-state index < -0.39 is 4.92 Å². The van der Waals surface area contributed by atoms with Crippen LogP contribution in [0.5, 0.6) is 11.5 Å². The molecule has 1 N–H and O–H groups in total. The maximum absolute atomic E-state index is 12.1. The normalized spacial score (nSPS) is 10.7. The standard InChI is InChI=1S/C20H17N3O6/c1-27-15-6-3-13(4-7-15)20(24)22-21-12-16-8-10-18(29-16)17-9-5-14(23(25)26)11-19(17)28-2/h3-12H,1-2H3,(H,22,24)/b21-12-. The molecular weight excluding hydrogens is 378 g/mol. The first-order chi connectivity index (χ1) is 14.0. The van der Waals surface area contributed by atoms with Crippen molar-refractivity contribution in [3.8, 4) is 22.8 Å². The highest BCUT2D eigenvalue weighted by Gasteiger charge is 2.15. The topological polar surface area (TPSA) is 116 Å². The van der Waals surface area contributed by atoms with Crippen molar-refractivity contribution < 1.29 is 23.6 Å². The highest BCUT2D eigenvalue weighted by Crippen LogP contribution is 2.34. The minimum Gasteiger partial charge on any atom is -0.497 e. The molecule has 1 heterocycles. The van der Waals surface area contributed by atoms with Gasteiger partial charge in [-0.25, -0.2) is 5.43 Å². The smallest absolute Gasteiger partial charge is 0.273 e. The van der Waals surface area contributed by atoms with Crippen molar-refractivity contribution in [2.45, 2.75) is 0 Å². The van der Waals surface area contributed by atoms with Gasteiger partial charge in [-0.2, -0.15) is 5.10 Å². The first-order valence-corrected chi connectivity index (χ1v) is 8.42. The Morgan fingerprint density at radius 2 is 1.86 bits per heavy atom. The first kappa shape index (κ1) is 19.6. The number of carbonyl (C=O) groups excluding carboxylic acids is 1. The van der Waals surface area contributed by atoms with Gasteiger partial charge >= 0.3 is 0 Å². The van der Waals surface area contributed by atoms with E-state index in [1.807, 2.05) is 0 Å². The maximum Gasteiger partial charge on any atom is 0.273 e. The van der Waals surface area contributed by atoms with Crippen LogP contribution in [0.1, 0.15) is 16.1 Å². The predicted molar refractivity (Wildman–Crippen MR) is 105 cm³/mol. The van der Waals surface area contributed by atoms with Gasteiger partial charge in [-0.15, -0.1) is 0 Å². The summed E-state index contributed by atoms with van der Waals surface area (Å²) in [6.45, 7) is 0. The number of hydrogen-bond acceptors (Lipinski definition) is 7. The van der Waals surface area contributed by atoms with E-state index in [9.17, 15) is 14.9 Å². The van der Waals surface area contributed by atoms with Crippen molar-refractivity contribution in [3.05, 3.63) is 76.0 Å². The van der Waals surface area contributed by atoms with Gasteiger partial charge in [0, 0.05) is 11.6 Å². The molecule has 9 heteroatoms.